The fourth-order valence-corrected chi connectivity index (χ4v) is 2.15. The van der Waals surface area contributed by atoms with Gasteiger partial charge in [0.15, 0.2) is 0 Å². The first-order chi connectivity index (χ1) is 8.70. The van der Waals surface area contributed by atoms with Crippen molar-refractivity contribution < 1.29 is 4.74 Å². The highest BCUT2D eigenvalue weighted by Crippen LogP contribution is 2.27. The van der Waals surface area contributed by atoms with Gasteiger partial charge in [-0.05, 0) is 24.3 Å². The summed E-state index contributed by atoms with van der Waals surface area (Å²) in [4.78, 5) is 0. The van der Waals surface area contributed by atoms with Crippen molar-refractivity contribution in [3.63, 3.8) is 0 Å². The van der Waals surface area contributed by atoms with Gasteiger partial charge in [0.2, 0.25) is 0 Å². The Labute approximate surface area is 115 Å². The van der Waals surface area contributed by atoms with Crippen molar-refractivity contribution >= 4 is 21.6 Å². The van der Waals surface area contributed by atoms with E-state index in [1.54, 1.807) is 7.11 Å². The second-order valence-electron chi connectivity index (χ2n) is 3.97. The van der Waals surface area contributed by atoms with Crippen LogP contribution in [-0.2, 0) is 13.5 Å². The Balaban J connectivity index is 1.98. The summed E-state index contributed by atoms with van der Waals surface area (Å²) in [6.45, 7) is 0.840. The molecule has 2 aromatic rings. The Morgan fingerprint density at radius 2 is 2.22 bits per heavy atom. The van der Waals surface area contributed by atoms with Crippen molar-refractivity contribution in [2.45, 2.75) is 6.42 Å². The van der Waals surface area contributed by atoms with Gasteiger partial charge in [0.1, 0.15) is 5.75 Å². The van der Waals surface area contributed by atoms with E-state index in [4.69, 9.17) is 4.74 Å². The molecule has 1 aromatic carbocycles. The van der Waals surface area contributed by atoms with Crippen LogP contribution in [0.3, 0.4) is 0 Å². The molecule has 0 aliphatic carbocycles. The predicted octanol–water partition coefficient (Wildman–Crippen LogP) is 2.85. The summed E-state index contributed by atoms with van der Waals surface area (Å²) in [5.74, 6) is 0.850. The molecule has 0 saturated carbocycles. The largest absolute Gasteiger partial charge is 0.495 e. The van der Waals surface area contributed by atoms with E-state index < -0.39 is 0 Å². The van der Waals surface area contributed by atoms with Crippen LogP contribution in [-0.4, -0.2) is 23.4 Å². The number of nitrogens with zero attached hydrogens (tertiary/aromatic N) is 2. The number of halogens is 1. The molecular formula is C13H16BrN3O. The summed E-state index contributed by atoms with van der Waals surface area (Å²) in [5.41, 5.74) is 2.20. The fourth-order valence-electron chi connectivity index (χ4n) is 1.79. The highest BCUT2D eigenvalue weighted by atomic mass is 79.9. The van der Waals surface area contributed by atoms with E-state index >= 15 is 0 Å². The standard InChI is InChI=1S/C13H16BrN3O/c1-17-11(6-8-16-17)5-7-15-12-9-10(14)3-4-13(12)18-2/h3-4,6,8-9,15H,5,7H2,1-2H3. The average Bonchev–Trinajstić information content (AvgIpc) is 2.76. The summed E-state index contributed by atoms with van der Waals surface area (Å²) < 4.78 is 8.23. The van der Waals surface area contributed by atoms with Crippen LogP contribution in [0.15, 0.2) is 34.9 Å². The Kier molecular flexibility index (Phi) is 4.25. The number of ether oxygens (including phenoxy) is 1. The number of benzene rings is 1. The molecule has 4 nitrogen and oxygen atoms in total. The first kappa shape index (κ1) is 13.0. The van der Waals surface area contributed by atoms with Gasteiger partial charge in [-0.2, -0.15) is 5.10 Å². The molecule has 0 atom stereocenters. The highest BCUT2D eigenvalue weighted by molar-refractivity contribution is 9.10. The van der Waals surface area contributed by atoms with Gasteiger partial charge in [-0.25, -0.2) is 0 Å². The molecule has 0 fully saturated rings. The fraction of sp³-hybridized carbons (Fsp3) is 0.308. The van der Waals surface area contributed by atoms with Crippen LogP contribution in [0.1, 0.15) is 5.69 Å². The molecule has 1 aromatic heterocycles. The number of rotatable bonds is 5. The molecule has 0 aliphatic heterocycles. The Hall–Kier alpha value is -1.49. The van der Waals surface area contributed by atoms with Gasteiger partial charge in [-0.15, -0.1) is 0 Å². The quantitative estimate of drug-likeness (QED) is 0.923. The van der Waals surface area contributed by atoms with Gasteiger partial charge in [-0.1, -0.05) is 15.9 Å². The molecule has 0 amide bonds. The summed E-state index contributed by atoms with van der Waals surface area (Å²) in [7, 11) is 3.63. The van der Waals surface area contributed by atoms with Crippen LogP contribution in [0, 0.1) is 0 Å². The maximum absolute atomic E-state index is 5.31. The number of hydrogen-bond donors (Lipinski definition) is 1. The lowest BCUT2D eigenvalue weighted by Gasteiger charge is -2.11. The van der Waals surface area contributed by atoms with Crippen molar-refractivity contribution in [1.29, 1.82) is 0 Å². The van der Waals surface area contributed by atoms with E-state index in [1.807, 2.05) is 42.2 Å². The second-order valence-corrected chi connectivity index (χ2v) is 4.88. The van der Waals surface area contributed by atoms with Gasteiger partial charge < -0.3 is 10.1 Å². The lowest BCUT2D eigenvalue weighted by Crippen LogP contribution is -2.09. The zero-order chi connectivity index (χ0) is 13.0. The number of nitrogens with one attached hydrogen (secondary N) is 1. The van der Waals surface area contributed by atoms with E-state index in [9.17, 15) is 0 Å². The molecule has 1 heterocycles. The SMILES string of the molecule is COc1ccc(Br)cc1NCCc1ccnn1C. The van der Waals surface area contributed by atoms with Gasteiger partial charge in [0.05, 0.1) is 12.8 Å². The van der Waals surface area contributed by atoms with Crippen LogP contribution in [0.4, 0.5) is 5.69 Å². The molecule has 0 aliphatic rings. The van der Waals surface area contributed by atoms with Crippen LogP contribution in [0.2, 0.25) is 0 Å². The van der Waals surface area contributed by atoms with Gasteiger partial charge in [0, 0.05) is 36.4 Å². The third-order valence-electron chi connectivity index (χ3n) is 2.78. The molecule has 5 heteroatoms. The second kappa shape index (κ2) is 5.91. The Morgan fingerprint density at radius 1 is 1.39 bits per heavy atom. The van der Waals surface area contributed by atoms with Gasteiger partial charge >= 0.3 is 0 Å². The maximum Gasteiger partial charge on any atom is 0.142 e. The van der Waals surface area contributed by atoms with E-state index in [0.717, 1.165) is 28.9 Å². The molecule has 0 bridgehead atoms. The van der Waals surface area contributed by atoms with Crippen molar-refractivity contribution in [2.24, 2.45) is 7.05 Å². The minimum Gasteiger partial charge on any atom is -0.495 e. The lowest BCUT2D eigenvalue weighted by atomic mass is 10.2. The van der Waals surface area contributed by atoms with Crippen molar-refractivity contribution in [1.82, 2.24) is 9.78 Å². The van der Waals surface area contributed by atoms with Crippen molar-refractivity contribution in [2.75, 3.05) is 19.0 Å². The first-order valence-corrected chi connectivity index (χ1v) is 6.54. The summed E-state index contributed by atoms with van der Waals surface area (Å²) >= 11 is 3.46. The zero-order valence-electron chi connectivity index (χ0n) is 10.5. The first-order valence-electron chi connectivity index (χ1n) is 5.75. The molecular weight excluding hydrogens is 294 g/mol. The van der Waals surface area contributed by atoms with E-state index in [2.05, 4.69) is 26.3 Å². The topological polar surface area (TPSA) is 39.1 Å². The summed E-state index contributed by atoms with van der Waals surface area (Å²) in [6.07, 6.45) is 2.74. The Morgan fingerprint density at radius 3 is 2.89 bits per heavy atom. The minimum absolute atomic E-state index is 0.840. The molecule has 0 spiro atoms. The molecule has 0 radical (unpaired) electrons. The summed E-state index contributed by atoms with van der Waals surface area (Å²) in [5, 5.41) is 7.52. The van der Waals surface area contributed by atoms with Crippen molar-refractivity contribution in [3.05, 3.63) is 40.6 Å². The van der Waals surface area contributed by atoms with E-state index in [1.165, 1.54) is 5.69 Å². The average molecular weight is 310 g/mol. The zero-order valence-corrected chi connectivity index (χ0v) is 12.1. The number of aryl methyl sites for hydroxylation is 1. The third kappa shape index (κ3) is 3.04. The highest BCUT2D eigenvalue weighted by Gasteiger charge is 2.04. The molecule has 0 unspecified atom stereocenters. The third-order valence-corrected chi connectivity index (χ3v) is 3.27. The molecule has 2 rings (SSSR count). The smallest absolute Gasteiger partial charge is 0.142 e. The summed E-state index contributed by atoms with van der Waals surface area (Å²) in [6, 6.07) is 7.95. The lowest BCUT2D eigenvalue weighted by molar-refractivity contribution is 0.416. The normalized spacial score (nSPS) is 10.4. The molecule has 0 saturated heterocycles. The van der Waals surface area contributed by atoms with Crippen LogP contribution in [0.25, 0.3) is 0 Å². The van der Waals surface area contributed by atoms with Crippen molar-refractivity contribution in [3.8, 4) is 5.75 Å². The molecule has 1 N–H and O–H groups in total. The molecule has 18 heavy (non-hydrogen) atoms. The van der Waals surface area contributed by atoms with Crippen LogP contribution >= 0.6 is 15.9 Å². The Bertz CT molecular complexity index is 525. The number of aromatic nitrogens is 2. The van der Waals surface area contributed by atoms with Gasteiger partial charge in [-0.3, -0.25) is 4.68 Å². The predicted molar refractivity (Wildman–Crippen MR) is 76.1 cm³/mol. The molecule has 96 valence electrons. The van der Waals surface area contributed by atoms with E-state index in [0.29, 0.717) is 0 Å². The number of hydrogen-bond acceptors (Lipinski definition) is 3. The van der Waals surface area contributed by atoms with Gasteiger partial charge in [0.25, 0.3) is 0 Å². The number of anilines is 1. The van der Waals surface area contributed by atoms with Crippen LogP contribution in [0.5, 0.6) is 5.75 Å². The van der Waals surface area contributed by atoms with E-state index in [-0.39, 0.29) is 0 Å². The number of methoxy groups -OCH3 is 1. The monoisotopic (exact) mass is 309 g/mol. The minimum atomic E-state index is 0.840. The van der Waals surface area contributed by atoms with Crippen LogP contribution < -0.4 is 10.1 Å². The maximum atomic E-state index is 5.31.